The van der Waals surface area contributed by atoms with Crippen molar-refractivity contribution < 1.29 is 19.1 Å². The molecular formula is C11H15NO4. The summed E-state index contributed by atoms with van der Waals surface area (Å²) in [4.78, 5) is 13.6. The van der Waals surface area contributed by atoms with Crippen LogP contribution in [0.4, 0.5) is 0 Å². The maximum Gasteiger partial charge on any atom is 0.230 e. The van der Waals surface area contributed by atoms with Crippen LogP contribution >= 0.6 is 0 Å². The molecular weight excluding hydrogens is 210 g/mol. The van der Waals surface area contributed by atoms with Gasteiger partial charge in [0.05, 0.1) is 38.5 Å². The predicted molar refractivity (Wildman–Crippen MR) is 55.8 cm³/mol. The Morgan fingerprint density at radius 1 is 1.62 bits per heavy atom. The third kappa shape index (κ3) is 2.43. The summed E-state index contributed by atoms with van der Waals surface area (Å²) < 4.78 is 10.3. The van der Waals surface area contributed by atoms with Gasteiger partial charge in [-0.05, 0) is 12.1 Å². The van der Waals surface area contributed by atoms with Gasteiger partial charge in [0.25, 0.3) is 0 Å². The molecule has 1 amide bonds. The van der Waals surface area contributed by atoms with E-state index in [1.165, 1.54) is 0 Å². The number of furan rings is 1. The van der Waals surface area contributed by atoms with E-state index in [4.69, 9.17) is 14.3 Å². The minimum absolute atomic E-state index is 0.0303. The largest absolute Gasteiger partial charge is 0.469 e. The number of amides is 1. The highest BCUT2D eigenvalue weighted by molar-refractivity contribution is 5.78. The fourth-order valence-corrected chi connectivity index (χ4v) is 1.80. The number of hydrogen-bond donors (Lipinski definition) is 1. The second-order valence-corrected chi connectivity index (χ2v) is 3.75. The minimum atomic E-state index is -0.226. The molecule has 0 aliphatic carbocycles. The van der Waals surface area contributed by atoms with Crippen LogP contribution in [0.5, 0.6) is 0 Å². The number of carbonyl (C=O) groups is 1. The smallest absolute Gasteiger partial charge is 0.230 e. The lowest BCUT2D eigenvalue weighted by Crippen LogP contribution is -2.50. The Labute approximate surface area is 93.6 Å². The van der Waals surface area contributed by atoms with E-state index < -0.39 is 0 Å². The second kappa shape index (κ2) is 5.14. The van der Waals surface area contributed by atoms with Gasteiger partial charge in [-0.2, -0.15) is 0 Å². The highest BCUT2D eigenvalue weighted by Crippen LogP contribution is 2.10. The number of nitrogens with zero attached hydrogens (tertiary/aromatic N) is 1. The van der Waals surface area contributed by atoms with E-state index in [0.29, 0.717) is 25.5 Å². The number of aliphatic hydroxyl groups excluding tert-OH is 1. The molecule has 1 aromatic heterocycles. The summed E-state index contributed by atoms with van der Waals surface area (Å²) in [5.74, 6) is 0.616. The van der Waals surface area contributed by atoms with Gasteiger partial charge in [0.1, 0.15) is 5.76 Å². The van der Waals surface area contributed by atoms with Gasteiger partial charge in [-0.3, -0.25) is 4.79 Å². The molecule has 16 heavy (non-hydrogen) atoms. The number of hydrogen-bond acceptors (Lipinski definition) is 4. The summed E-state index contributed by atoms with van der Waals surface area (Å²) >= 11 is 0. The Morgan fingerprint density at radius 3 is 3.19 bits per heavy atom. The number of morpholine rings is 1. The summed E-state index contributed by atoms with van der Waals surface area (Å²) in [5, 5.41) is 9.14. The monoisotopic (exact) mass is 225 g/mol. The Balaban J connectivity index is 1.97. The lowest BCUT2D eigenvalue weighted by atomic mass is 10.2. The van der Waals surface area contributed by atoms with Gasteiger partial charge in [0.15, 0.2) is 0 Å². The van der Waals surface area contributed by atoms with E-state index >= 15 is 0 Å². The van der Waals surface area contributed by atoms with Crippen LogP contribution in [-0.4, -0.2) is 48.3 Å². The van der Waals surface area contributed by atoms with Crippen molar-refractivity contribution in [3.8, 4) is 0 Å². The van der Waals surface area contributed by atoms with E-state index in [1.807, 2.05) is 0 Å². The molecule has 88 valence electrons. The normalized spacial score (nSPS) is 21.1. The molecule has 2 heterocycles. The molecule has 1 aromatic rings. The Hall–Kier alpha value is -1.33. The summed E-state index contributed by atoms with van der Waals surface area (Å²) in [6.45, 7) is 1.40. The number of ether oxygens (including phenoxy) is 1. The van der Waals surface area contributed by atoms with Gasteiger partial charge in [-0.1, -0.05) is 0 Å². The van der Waals surface area contributed by atoms with Gasteiger partial charge >= 0.3 is 0 Å². The van der Waals surface area contributed by atoms with Crippen molar-refractivity contribution in [3.63, 3.8) is 0 Å². The van der Waals surface area contributed by atoms with Crippen molar-refractivity contribution >= 4 is 5.91 Å². The molecule has 0 radical (unpaired) electrons. The average molecular weight is 225 g/mol. The highest BCUT2D eigenvalue weighted by Gasteiger charge is 2.26. The Bertz CT molecular complexity index is 336. The zero-order valence-corrected chi connectivity index (χ0v) is 8.96. The molecule has 1 fully saturated rings. The first-order chi connectivity index (χ1) is 7.81. The molecule has 1 atom stereocenters. The number of rotatable bonds is 3. The Morgan fingerprint density at radius 2 is 2.50 bits per heavy atom. The van der Waals surface area contributed by atoms with E-state index in [9.17, 15) is 4.79 Å². The van der Waals surface area contributed by atoms with Crippen LogP contribution in [0.3, 0.4) is 0 Å². The van der Waals surface area contributed by atoms with Crippen molar-refractivity contribution in [1.82, 2.24) is 4.90 Å². The molecule has 0 bridgehead atoms. The van der Waals surface area contributed by atoms with Crippen LogP contribution < -0.4 is 0 Å². The molecule has 5 nitrogen and oxygen atoms in total. The van der Waals surface area contributed by atoms with Gasteiger partial charge in [-0.25, -0.2) is 0 Å². The maximum atomic E-state index is 11.9. The van der Waals surface area contributed by atoms with Crippen LogP contribution in [0.2, 0.25) is 0 Å². The van der Waals surface area contributed by atoms with Crippen molar-refractivity contribution in [1.29, 1.82) is 0 Å². The van der Waals surface area contributed by atoms with Gasteiger partial charge in [0.2, 0.25) is 5.91 Å². The molecule has 1 unspecified atom stereocenters. The van der Waals surface area contributed by atoms with Crippen molar-refractivity contribution in [2.75, 3.05) is 26.4 Å². The summed E-state index contributed by atoms with van der Waals surface area (Å²) in [5.41, 5.74) is 0. The maximum absolute atomic E-state index is 11.9. The van der Waals surface area contributed by atoms with E-state index in [0.717, 1.165) is 0 Å². The van der Waals surface area contributed by atoms with E-state index in [-0.39, 0.29) is 25.0 Å². The van der Waals surface area contributed by atoms with Crippen molar-refractivity contribution in [2.45, 2.75) is 12.5 Å². The van der Waals surface area contributed by atoms with Crippen molar-refractivity contribution in [2.24, 2.45) is 0 Å². The fraction of sp³-hybridized carbons (Fsp3) is 0.545. The fourth-order valence-electron chi connectivity index (χ4n) is 1.80. The van der Waals surface area contributed by atoms with Crippen LogP contribution in [-0.2, 0) is 16.0 Å². The summed E-state index contributed by atoms with van der Waals surface area (Å²) in [7, 11) is 0. The van der Waals surface area contributed by atoms with Crippen LogP contribution in [0, 0.1) is 0 Å². The molecule has 2 rings (SSSR count). The first-order valence-electron chi connectivity index (χ1n) is 5.31. The molecule has 1 N–H and O–H groups in total. The third-order valence-corrected chi connectivity index (χ3v) is 2.66. The molecule has 5 heteroatoms. The standard InChI is InChI=1S/C11H15NO4/c13-7-9-8-15-5-3-12(9)11(14)6-10-2-1-4-16-10/h1-2,4,9,13H,3,5-8H2. The van der Waals surface area contributed by atoms with Crippen LogP contribution in [0.15, 0.2) is 22.8 Å². The average Bonchev–Trinajstić information content (AvgIpc) is 2.81. The van der Waals surface area contributed by atoms with Gasteiger partial charge in [-0.15, -0.1) is 0 Å². The third-order valence-electron chi connectivity index (χ3n) is 2.66. The molecule has 1 aliphatic rings. The number of aliphatic hydroxyl groups is 1. The van der Waals surface area contributed by atoms with Crippen molar-refractivity contribution in [3.05, 3.63) is 24.2 Å². The first-order valence-corrected chi connectivity index (χ1v) is 5.31. The predicted octanol–water partition coefficient (Wildman–Crippen LogP) is 0.0418. The van der Waals surface area contributed by atoms with Gasteiger partial charge in [0, 0.05) is 6.54 Å². The molecule has 1 aliphatic heterocycles. The molecule has 0 aromatic carbocycles. The van der Waals surface area contributed by atoms with E-state index in [1.54, 1.807) is 23.3 Å². The second-order valence-electron chi connectivity index (χ2n) is 3.75. The Kier molecular flexibility index (Phi) is 3.58. The zero-order chi connectivity index (χ0) is 11.4. The topological polar surface area (TPSA) is 62.9 Å². The van der Waals surface area contributed by atoms with Crippen LogP contribution in [0.25, 0.3) is 0 Å². The lowest BCUT2D eigenvalue weighted by Gasteiger charge is -2.34. The lowest BCUT2D eigenvalue weighted by molar-refractivity contribution is -0.141. The molecule has 0 saturated carbocycles. The quantitative estimate of drug-likeness (QED) is 0.789. The number of carbonyl (C=O) groups excluding carboxylic acids is 1. The van der Waals surface area contributed by atoms with Gasteiger partial charge < -0.3 is 19.2 Å². The summed E-state index contributed by atoms with van der Waals surface area (Å²) in [6, 6.07) is 3.30. The molecule has 1 saturated heterocycles. The zero-order valence-electron chi connectivity index (χ0n) is 8.96. The SMILES string of the molecule is O=C(Cc1ccco1)N1CCOCC1CO. The van der Waals surface area contributed by atoms with E-state index in [2.05, 4.69) is 0 Å². The highest BCUT2D eigenvalue weighted by atomic mass is 16.5. The molecule has 0 spiro atoms. The summed E-state index contributed by atoms with van der Waals surface area (Å²) in [6.07, 6.45) is 1.79. The van der Waals surface area contributed by atoms with Crippen LogP contribution in [0.1, 0.15) is 5.76 Å². The first kappa shape index (κ1) is 11.2. The minimum Gasteiger partial charge on any atom is -0.469 e.